The molecule has 0 unspecified atom stereocenters. The summed E-state index contributed by atoms with van der Waals surface area (Å²) in [6, 6.07) is 7.80. The van der Waals surface area contributed by atoms with Crippen molar-refractivity contribution < 1.29 is 9.90 Å². The third-order valence-corrected chi connectivity index (χ3v) is 5.49. The summed E-state index contributed by atoms with van der Waals surface area (Å²) in [5, 5.41) is 13.2. The number of hydrogen-bond acceptors (Lipinski definition) is 5. The largest absolute Gasteiger partial charge is 0.391 e. The summed E-state index contributed by atoms with van der Waals surface area (Å²) < 4.78 is 0. The maximum atomic E-state index is 11.3. The van der Waals surface area contributed by atoms with Gasteiger partial charge in [-0.25, -0.2) is 4.98 Å². The van der Waals surface area contributed by atoms with Gasteiger partial charge in [-0.1, -0.05) is 12.1 Å². The second-order valence-corrected chi connectivity index (χ2v) is 7.41. The molecule has 1 aliphatic carbocycles. The van der Waals surface area contributed by atoms with Crippen molar-refractivity contribution in [1.82, 2.24) is 20.2 Å². The van der Waals surface area contributed by atoms with Crippen LogP contribution in [0.5, 0.6) is 0 Å². The van der Waals surface area contributed by atoms with Crippen molar-refractivity contribution >= 4 is 16.9 Å². The summed E-state index contributed by atoms with van der Waals surface area (Å²) in [6.07, 6.45) is 3.03. The van der Waals surface area contributed by atoms with Gasteiger partial charge in [-0.2, -0.15) is 0 Å². The van der Waals surface area contributed by atoms with Crippen LogP contribution in [0.15, 0.2) is 30.5 Å². The van der Waals surface area contributed by atoms with Crippen LogP contribution in [-0.4, -0.2) is 51.1 Å². The molecule has 2 aromatic rings. The number of para-hydroxylation sites is 2. The average Bonchev–Trinajstić information content (AvgIpc) is 2.95. The van der Waals surface area contributed by atoms with Crippen LogP contribution in [0.2, 0.25) is 0 Å². The van der Waals surface area contributed by atoms with Crippen molar-refractivity contribution in [3.8, 4) is 0 Å². The lowest BCUT2D eigenvalue weighted by Crippen LogP contribution is -2.48. The van der Waals surface area contributed by atoms with Crippen LogP contribution in [0.4, 0.5) is 0 Å². The van der Waals surface area contributed by atoms with Gasteiger partial charge in [-0.3, -0.25) is 14.7 Å². The van der Waals surface area contributed by atoms with Gasteiger partial charge < -0.3 is 10.4 Å². The molecule has 1 aromatic heterocycles. The maximum absolute atomic E-state index is 11.3. The number of rotatable bonds is 3. The number of benzene rings is 1. The molecule has 2 heterocycles. The minimum absolute atomic E-state index is 0.0659. The molecule has 132 valence electrons. The zero-order valence-corrected chi connectivity index (χ0v) is 14.4. The zero-order chi connectivity index (χ0) is 17.4. The van der Waals surface area contributed by atoms with Crippen molar-refractivity contribution in [2.24, 2.45) is 11.8 Å². The van der Waals surface area contributed by atoms with E-state index >= 15 is 0 Å². The Balaban J connectivity index is 1.42. The van der Waals surface area contributed by atoms with Crippen molar-refractivity contribution in [3.63, 3.8) is 0 Å². The first kappa shape index (κ1) is 16.4. The van der Waals surface area contributed by atoms with E-state index in [0.29, 0.717) is 11.8 Å². The molecule has 25 heavy (non-hydrogen) atoms. The van der Waals surface area contributed by atoms with Crippen molar-refractivity contribution in [3.05, 3.63) is 36.2 Å². The molecule has 0 spiro atoms. The number of amides is 1. The Labute approximate surface area is 147 Å². The van der Waals surface area contributed by atoms with Crippen LogP contribution in [0.3, 0.4) is 0 Å². The van der Waals surface area contributed by atoms with Gasteiger partial charge in [-0.15, -0.1) is 0 Å². The van der Waals surface area contributed by atoms with Crippen LogP contribution in [0, 0.1) is 11.8 Å². The first-order chi connectivity index (χ1) is 12.1. The molecular formula is C19H24N4O2. The predicted octanol–water partition coefficient (Wildman–Crippen LogP) is 1.34. The Morgan fingerprint density at radius 1 is 1.24 bits per heavy atom. The van der Waals surface area contributed by atoms with E-state index in [4.69, 9.17) is 4.98 Å². The fourth-order valence-electron chi connectivity index (χ4n) is 4.37. The van der Waals surface area contributed by atoms with Crippen LogP contribution < -0.4 is 5.32 Å². The van der Waals surface area contributed by atoms with Crippen LogP contribution in [-0.2, 0) is 11.3 Å². The van der Waals surface area contributed by atoms with E-state index in [1.165, 1.54) is 6.92 Å². The third-order valence-electron chi connectivity index (χ3n) is 5.49. The predicted molar refractivity (Wildman–Crippen MR) is 94.6 cm³/mol. The first-order valence-electron chi connectivity index (χ1n) is 8.96. The summed E-state index contributed by atoms with van der Waals surface area (Å²) >= 11 is 0. The lowest BCUT2D eigenvalue weighted by molar-refractivity contribution is -0.121. The monoisotopic (exact) mass is 340 g/mol. The Morgan fingerprint density at radius 3 is 2.72 bits per heavy atom. The number of aliphatic hydroxyl groups excluding tert-OH is 1. The topological polar surface area (TPSA) is 78.4 Å². The third kappa shape index (κ3) is 3.50. The molecule has 6 heteroatoms. The first-order valence-corrected chi connectivity index (χ1v) is 8.96. The Kier molecular flexibility index (Phi) is 4.39. The van der Waals surface area contributed by atoms with E-state index in [-0.39, 0.29) is 11.9 Å². The van der Waals surface area contributed by atoms with Gasteiger partial charge in [0, 0.05) is 26.6 Å². The summed E-state index contributed by atoms with van der Waals surface area (Å²) in [5.74, 6) is 0.950. The summed E-state index contributed by atoms with van der Waals surface area (Å²) in [4.78, 5) is 22.9. The standard InChI is InChI=1S/C19H24N4O2/c1-12(24)21-18-6-13-9-23(10-14(13)7-19(18)25)11-15-8-20-16-4-2-3-5-17(16)22-15/h2-5,8,13-14,18-19,25H,6-7,9-11H2,1H3,(H,21,24)/t13-,14+,18-,19-/m1/s1. The van der Waals surface area contributed by atoms with Gasteiger partial charge in [-0.05, 0) is 36.8 Å². The normalized spacial score (nSPS) is 29.5. The SMILES string of the molecule is CC(=O)N[C@@H]1C[C@@H]2CN(Cc3cnc4ccccc4n3)C[C@@H]2C[C@H]1O. The minimum atomic E-state index is -0.439. The number of aromatic nitrogens is 2. The second-order valence-electron chi connectivity index (χ2n) is 7.41. The number of hydrogen-bond donors (Lipinski definition) is 2. The molecule has 6 nitrogen and oxygen atoms in total. The van der Waals surface area contributed by atoms with Crippen LogP contribution in [0.1, 0.15) is 25.5 Å². The van der Waals surface area contributed by atoms with Crippen molar-refractivity contribution in [1.29, 1.82) is 0 Å². The Bertz CT molecular complexity index is 781. The highest BCUT2D eigenvalue weighted by Crippen LogP contribution is 2.37. The van der Waals surface area contributed by atoms with Gasteiger partial charge in [0.2, 0.25) is 5.91 Å². The van der Waals surface area contributed by atoms with E-state index in [1.807, 2.05) is 30.5 Å². The van der Waals surface area contributed by atoms with Crippen molar-refractivity contribution in [2.45, 2.75) is 38.5 Å². The maximum Gasteiger partial charge on any atom is 0.217 e. The second kappa shape index (κ2) is 6.69. The molecular weight excluding hydrogens is 316 g/mol. The van der Waals surface area contributed by atoms with Gasteiger partial charge in [0.25, 0.3) is 0 Å². The van der Waals surface area contributed by atoms with Gasteiger partial charge in [0.05, 0.1) is 35.1 Å². The average molecular weight is 340 g/mol. The molecule has 0 radical (unpaired) electrons. The minimum Gasteiger partial charge on any atom is -0.391 e. The summed E-state index contributed by atoms with van der Waals surface area (Å²) in [5.41, 5.74) is 2.83. The fourth-order valence-corrected chi connectivity index (χ4v) is 4.37. The number of likely N-dealkylation sites (tertiary alicyclic amines) is 1. The van der Waals surface area contributed by atoms with E-state index < -0.39 is 6.10 Å². The molecule has 2 N–H and O–H groups in total. The lowest BCUT2D eigenvalue weighted by atomic mass is 9.77. The number of nitrogens with one attached hydrogen (secondary N) is 1. The van der Waals surface area contributed by atoms with Gasteiger partial charge in [0.1, 0.15) is 0 Å². The Hall–Kier alpha value is -2.05. The summed E-state index contributed by atoms with van der Waals surface area (Å²) in [6.45, 7) is 4.26. The molecule has 2 fully saturated rings. The summed E-state index contributed by atoms with van der Waals surface area (Å²) in [7, 11) is 0. The Morgan fingerprint density at radius 2 is 1.96 bits per heavy atom. The van der Waals surface area contributed by atoms with E-state index in [2.05, 4.69) is 15.2 Å². The van der Waals surface area contributed by atoms with E-state index in [0.717, 1.165) is 49.2 Å². The lowest BCUT2D eigenvalue weighted by Gasteiger charge is -2.35. The van der Waals surface area contributed by atoms with E-state index in [9.17, 15) is 9.90 Å². The zero-order valence-electron chi connectivity index (χ0n) is 14.4. The number of carbonyl (C=O) groups excluding carboxylic acids is 1. The smallest absolute Gasteiger partial charge is 0.217 e. The van der Waals surface area contributed by atoms with Crippen LogP contribution >= 0.6 is 0 Å². The molecule has 4 atom stereocenters. The quantitative estimate of drug-likeness (QED) is 0.881. The van der Waals surface area contributed by atoms with Gasteiger partial charge >= 0.3 is 0 Å². The highest BCUT2D eigenvalue weighted by molar-refractivity contribution is 5.73. The molecule has 1 saturated carbocycles. The molecule has 0 bridgehead atoms. The molecule has 1 aliphatic heterocycles. The van der Waals surface area contributed by atoms with E-state index in [1.54, 1.807) is 0 Å². The van der Waals surface area contributed by atoms with Crippen LogP contribution in [0.25, 0.3) is 11.0 Å². The molecule has 2 aliphatic rings. The number of aliphatic hydroxyl groups is 1. The van der Waals surface area contributed by atoms with Crippen molar-refractivity contribution in [2.75, 3.05) is 13.1 Å². The fraction of sp³-hybridized carbons (Fsp3) is 0.526. The number of carbonyl (C=O) groups is 1. The molecule has 1 saturated heterocycles. The molecule has 4 rings (SSSR count). The number of nitrogens with zero attached hydrogens (tertiary/aromatic N) is 3. The number of fused-ring (bicyclic) bond motifs is 2. The highest BCUT2D eigenvalue weighted by atomic mass is 16.3. The molecule has 1 amide bonds. The van der Waals surface area contributed by atoms with Gasteiger partial charge in [0.15, 0.2) is 0 Å². The highest BCUT2D eigenvalue weighted by Gasteiger charge is 2.41. The molecule has 1 aromatic carbocycles.